The van der Waals surface area contributed by atoms with E-state index in [0.717, 1.165) is 37.1 Å². The second-order valence-electron chi connectivity index (χ2n) is 9.70. The van der Waals surface area contributed by atoms with Gasteiger partial charge >= 0.3 is 0 Å². The molecule has 2 aromatic heterocycles. The fourth-order valence-corrected chi connectivity index (χ4v) is 5.81. The van der Waals surface area contributed by atoms with Crippen molar-refractivity contribution in [3.05, 3.63) is 46.1 Å². The van der Waals surface area contributed by atoms with Crippen molar-refractivity contribution in [2.24, 2.45) is 5.92 Å². The van der Waals surface area contributed by atoms with Gasteiger partial charge in [-0.05, 0) is 88.8 Å². The second-order valence-corrected chi connectivity index (χ2v) is 10.5. The molecular formula is C27H32Cl4N4O2. The fourth-order valence-electron chi connectivity index (χ4n) is 5.32. The molecule has 0 atom stereocenters. The number of rotatable bonds is 6. The van der Waals surface area contributed by atoms with Crippen LogP contribution < -0.4 is 4.90 Å². The van der Waals surface area contributed by atoms with Crippen LogP contribution in [0.5, 0.6) is 5.75 Å². The third-order valence-corrected chi connectivity index (χ3v) is 7.94. The monoisotopic (exact) mass is 584 g/mol. The number of Topliss-reactive ketones (excluding diaryl/α,β-unsaturated/α-hetero) is 1. The summed E-state index contributed by atoms with van der Waals surface area (Å²) in [5, 5.41) is 10.3. The number of hydrogen-bond donors (Lipinski definition) is 1. The normalized spacial score (nSPS) is 16.5. The number of benzene rings is 1. The number of aromatic hydroxyl groups is 1. The molecule has 0 bridgehead atoms. The number of hydrogen-bond acceptors (Lipinski definition) is 6. The first kappa shape index (κ1) is 29.7. The zero-order valence-corrected chi connectivity index (χ0v) is 23.9. The van der Waals surface area contributed by atoms with E-state index in [1.54, 1.807) is 25.3 Å². The van der Waals surface area contributed by atoms with E-state index < -0.39 is 0 Å². The Kier molecular flexibility index (Phi) is 10.3. The molecule has 0 radical (unpaired) electrons. The van der Waals surface area contributed by atoms with Gasteiger partial charge in [0.25, 0.3) is 0 Å². The number of halogens is 4. The zero-order chi connectivity index (χ0) is 24.5. The molecule has 2 saturated heterocycles. The molecule has 200 valence electrons. The Balaban J connectivity index is 0.00000190. The van der Waals surface area contributed by atoms with Gasteiger partial charge in [0.15, 0.2) is 11.5 Å². The lowest BCUT2D eigenvalue weighted by Crippen LogP contribution is -2.36. The van der Waals surface area contributed by atoms with Crippen molar-refractivity contribution in [3.8, 4) is 17.0 Å². The number of carbonyl (C=O) groups is 1. The van der Waals surface area contributed by atoms with Crippen LogP contribution in [-0.4, -0.2) is 58.5 Å². The number of anilines is 1. The largest absolute Gasteiger partial charge is 0.505 e. The highest BCUT2D eigenvalue weighted by molar-refractivity contribution is 6.37. The van der Waals surface area contributed by atoms with E-state index >= 15 is 0 Å². The minimum absolute atomic E-state index is 0. The van der Waals surface area contributed by atoms with Gasteiger partial charge in [-0.15, -0.1) is 24.8 Å². The highest BCUT2D eigenvalue weighted by Crippen LogP contribution is 2.38. The predicted octanol–water partition coefficient (Wildman–Crippen LogP) is 7.06. The van der Waals surface area contributed by atoms with Crippen LogP contribution >= 0.6 is 48.0 Å². The van der Waals surface area contributed by atoms with Gasteiger partial charge < -0.3 is 14.9 Å². The van der Waals surface area contributed by atoms with E-state index in [1.807, 2.05) is 12.1 Å². The lowest BCUT2D eigenvalue weighted by Gasteiger charge is -2.35. The van der Waals surface area contributed by atoms with Crippen LogP contribution in [0.3, 0.4) is 0 Å². The number of pyridine rings is 2. The number of aromatic nitrogens is 2. The average molecular weight is 586 g/mol. The molecule has 0 aliphatic carbocycles. The number of fused-ring (bicyclic) bond motifs is 1. The summed E-state index contributed by atoms with van der Waals surface area (Å²) in [6.07, 6.45) is 7.80. The zero-order valence-electron chi connectivity index (χ0n) is 20.8. The molecule has 0 spiro atoms. The van der Waals surface area contributed by atoms with Gasteiger partial charge in [-0.1, -0.05) is 23.2 Å². The minimum Gasteiger partial charge on any atom is -0.505 e. The first-order valence-corrected chi connectivity index (χ1v) is 13.1. The summed E-state index contributed by atoms with van der Waals surface area (Å²) >= 11 is 12.3. The molecule has 3 aromatic rings. The van der Waals surface area contributed by atoms with Crippen molar-refractivity contribution in [3.63, 3.8) is 0 Å². The Labute approximate surface area is 240 Å². The molecule has 2 fully saturated rings. The number of nitrogens with zero attached hydrogens (tertiary/aromatic N) is 4. The van der Waals surface area contributed by atoms with Gasteiger partial charge in [-0.3, -0.25) is 9.78 Å². The molecule has 10 heteroatoms. The lowest BCUT2D eigenvalue weighted by atomic mass is 9.92. The molecule has 0 amide bonds. The van der Waals surface area contributed by atoms with Crippen molar-refractivity contribution < 1.29 is 9.90 Å². The first-order chi connectivity index (χ1) is 16.9. The van der Waals surface area contributed by atoms with Crippen molar-refractivity contribution in [1.29, 1.82) is 0 Å². The van der Waals surface area contributed by atoms with Crippen LogP contribution in [0.15, 0.2) is 30.5 Å². The van der Waals surface area contributed by atoms with Crippen molar-refractivity contribution in [1.82, 2.24) is 14.9 Å². The topological polar surface area (TPSA) is 69.6 Å². The van der Waals surface area contributed by atoms with E-state index in [2.05, 4.69) is 14.8 Å². The Morgan fingerprint density at radius 1 is 1.05 bits per heavy atom. The number of phenolic OH excluding ortho intramolecular Hbond substituents is 1. The SMILES string of the molecule is CC(=O)c1cnc2ccc(-c3cc(Cl)c(O)c(Cl)c3)nc2c1N1CCC(CCN2CCCC2)CC1.Cl.Cl. The van der Waals surface area contributed by atoms with Gasteiger partial charge in [0, 0.05) is 24.8 Å². The highest BCUT2D eigenvalue weighted by Gasteiger charge is 2.26. The fraction of sp³-hybridized carbons (Fsp3) is 0.444. The molecule has 4 heterocycles. The van der Waals surface area contributed by atoms with E-state index in [1.165, 1.54) is 38.9 Å². The molecule has 6 nitrogen and oxygen atoms in total. The maximum Gasteiger partial charge on any atom is 0.163 e. The van der Waals surface area contributed by atoms with Gasteiger partial charge in [-0.2, -0.15) is 0 Å². The van der Waals surface area contributed by atoms with E-state index in [-0.39, 0.29) is 46.4 Å². The van der Waals surface area contributed by atoms with Crippen LogP contribution in [0.2, 0.25) is 10.0 Å². The number of phenols is 1. The maximum atomic E-state index is 12.6. The van der Waals surface area contributed by atoms with Gasteiger partial charge in [0.05, 0.1) is 32.5 Å². The summed E-state index contributed by atoms with van der Waals surface area (Å²) in [4.78, 5) is 26.9. The lowest BCUT2D eigenvalue weighted by molar-refractivity contribution is 0.101. The van der Waals surface area contributed by atoms with Crippen LogP contribution in [0.25, 0.3) is 22.3 Å². The standard InChI is InChI=1S/C27H30Cl2N4O2.2ClH/c1-17(34)20-16-30-24-5-4-23(19-14-21(28)27(35)22(29)15-19)31-25(24)26(20)33-12-7-18(8-13-33)6-11-32-9-2-3-10-32;;/h4-5,14-16,18,35H,2-3,6-13H2,1H3;2*1H. The Bertz CT molecular complexity index is 1240. The minimum atomic E-state index is -0.147. The highest BCUT2D eigenvalue weighted by atomic mass is 35.5. The van der Waals surface area contributed by atoms with E-state index in [9.17, 15) is 9.90 Å². The summed E-state index contributed by atoms with van der Waals surface area (Å²) in [6, 6.07) is 7.05. The molecule has 1 aromatic carbocycles. The smallest absolute Gasteiger partial charge is 0.163 e. The molecular weight excluding hydrogens is 554 g/mol. The molecule has 1 N–H and O–H groups in total. The third-order valence-electron chi connectivity index (χ3n) is 7.36. The summed E-state index contributed by atoms with van der Waals surface area (Å²) in [6.45, 7) is 7.06. The van der Waals surface area contributed by atoms with Crippen LogP contribution in [0, 0.1) is 5.92 Å². The molecule has 0 unspecified atom stereocenters. The first-order valence-electron chi connectivity index (χ1n) is 12.4. The second kappa shape index (κ2) is 12.8. The number of likely N-dealkylation sites (tertiary alicyclic amines) is 1. The van der Waals surface area contributed by atoms with E-state index in [4.69, 9.17) is 28.2 Å². The van der Waals surface area contributed by atoms with Gasteiger partial charge in [0.1, 0.15) is 5.52 Å². The predicted molar refractivity (Wildman–Crippen MR) is 156 cm³/mol. The maximum absolute atomic E-state index is 12.6. The Morgan fingerprint density at radius 3 is 2.32 bits per heavy atom. The summed E-state index contributed by atoms with van der Waals surface area (Å²) in [5.41, 5.74) is 4.25. The van der Waals surface area contributed by atoms with Crippen molar-refractivity contribution >= 4 is 70.5 Å². The Hall–Kier alpha value is -1.83. The molecule has 5 rings (SSSR count). The summed E-state index contributed by atoms with van der Waals surface area (Å²) in [7, 11) is 0. The Morgan fingerprint density at radius 2 is 1.70 bits per heavy atom. The quantitative estimate of drug-likeness (QED) is 0.312. The van der Waals surface area contributed by atoms with Crippen molar-refractivity contribution in [2.45, 2.75) is 39.0 Å². The molecule has 37 heavy (non-hydrogen) atoms. The van der Waals surface area contributed by atoms with Crippen molar-refractivity contribution in [2.75, 3.05) is 37.6 Å². The van der Waals surface area contributed by atoms with Crippen LogP contribution in [0.4, 0.5) is 5.69 Å². The molecule has 0 saturated carbocycles. The van der Waals surface area contributed by atoms with Gasteiger partial charge in [0.2, 0.25) is 0 Å². The molecule has 2 aliphatic rings. The number of piperidine rings is 1. The van der Waals surface area contributed by atoms with Crippen LogP contribution in [-0.2, 0) is 0 Å². The van der Waals surface area contributed by atoms with Gasteiger partial charge in [-0.25, -0.2) is 4.98 Å². The summed E-state index contributed by atoms with van der Waals surface area (Å²) < 4.78 is 0. The molecule has 2 aliphatic heterocycles. The number of carbonyl (C=O) groups excluding carboxylic acids is 1. The summed E-state index contributed by atoms with van der Waals surface area (Å²) in [5.74, 6) is 0.547. The van der Waals surface area contributed by atoms with Crippen LogP contribution in [0.1, 0.15) is 49.4 Å². The average Bonchev–Trinajstić information content (AvgIpc) is 3.39. The number of ketones is 1. The van der Waals surface area contributed by atoms with E-state index in [0.29, 0.717) is 28.3 Å². The third kappa shape index (κ3) is 6.43.